The zero-order chi connectivity index (χ0) is 22.4. The first-order chi connectivity index (χ1) is 14.0. The van der Waals surface area contributed by atoms with Gasteiger partial charge in [-0.05, 0) is 42.3 Å². The third-order valence-electron chi connectivity index (χ3n) is 4.21. The summed E-state index contributed by atoms with van der Waals surface area (Å²) in [6, 6.07) is 11.4. The van der Waals surface area contributed by atoms with E-state index in [1.807, 2.05) is 6.92 Å². The summed E-state index contributed by atoms with van der Waals surface area (Å²) in [5.41, 5.74) is 0.817. The molecule has 2 aromatic carbocycles. The summed E-state index contributed by atoms with van der Waals surface area (Å²) in [4.78, 5) is 4.64. The summed E-state index contributed by atoms with van der Waals surface area (Å²) >= 11 is 0. The van der Waals surface area contributed by atoms with Crippen molar-refractivity contribution in [3.8, 4) is 0 Å². The first-order valence-electron chi connectivity index (χ1n) is 9.24. The first kappa shape index (κ1) is 23.7. The van der Waals surface area contributed by atoms with E-state index in [4.69, 9.17) is 0 Å². The fourth-order valence-electron chi connectivity index (χ4n) is 2.49. The van der Waals surface area contributed by atoms with Crippen LogP contribution in [0.4, 0.5) is 13.2 Å². The van der Waals surface area contributed by atoms with Crippen LogP contribution < -0.4 is 10.6 Å². The average molecular weight is 443 g/mol. The summed E-state index contributed by atoms with van der Waals surface area (Å²) < 4.78 is 63.3. The lowest BCUT2D eigenvalue weighted by Gasteiger charge is -2.13. The lowest BCUT2D eigenvalue weighted by Crippen LogP contribution is -2.36. The molecule has 0 aliphatic rings. The third-order valence-corrected chi connectivity index (χ3v) is 6.04. The van der Waals surface area contributed by atoms with Gasteiger partial charge in [0.25, 0.3) is 0 Å². The van der Waals surface area contributed by atoms with Crippen LogP contribution in [0.3, 0.4) is 0 Å². The molecule has 0 fully saturated rings. The van der Waals surface area contributed by atoms with Crippen molar-refractivity contribution in [2.75, 3.05) is 20.6 Å². The van der Waals surface area contributed by atoms with Crippen molar-refractivity contribution in [1.29, 1.82) is 0 Å². The van der Waals surface area contributed by atoms with Crippen molar-refractivity contribution in [2.24, 2.45) is 4.99 Å². The topological polar surface area (TPSA) is 73.8 Å². The van der Waals surface area contributed by atoms with E-state index >= 15 is 0 Å². The van der Waals surface area contributed by atoms with Crippen molar-refractivity contribution in [3.63, 3.8) is 0 Å². The lowest BCUT2D eigenvalue weighted by atomic mass is 10.1. The molecule has 164 valence electrons. The molecule has 0 aromatic heterocycles. The van der Waals surface area contributed by atoms with Crippen LogP contribution >= 0.6 is 0 Å². The van der Waals surface area contributed by atoms with E-state index in [9.17, 15) is 21.6 Å². The van der Waals surface area contributed by atoms with Crippen LogP contribution in [0.2, 0.25) is 0 Å². The molecule has 0 aliphatic heterocycles. The smallest absolute Gasteiger partial charge is 0.357 e. The molecule has 2 rings (SSSR count). The number of guanidine groups is 1. The van der Waals surface area contributed by atoms with Crippen LogP contribution in [0.25, 0.3) is 0 Å². The molecule has 6 nitrogen and oxygen atoms in total. The maximum Gasteiger partial charge on any atom is 0.416 e. The number of nitrogens with zero attached hydrogens (tertiary/aromatic N) is 2. The quantitative estimate of drug-likeness (QED) is 0.510. The Hall–Kier alpha value is -2.59. The highest BCUT2D eigenvalue weighted by Gasteiger charge is 2.29. The van der Waals surface area contributed by atoms with Crippen LogP contribution in [0, 0.1) is 0 Å². The molecular formula is C20H25F3N4O2S. The summed E-state index contributed by atoms with van der Waals surface area (Å²) in [5.74, 6) is 0.502. The Labute approximate surface area is 174 Å². The number of hydrogen-bond donors (Lipinski definition) is 2. The molecule has 0 aliphatic carbocycles. The van der Waals surface area contributed by atoms with Crippen LogP contribution in [0.1, 0.15) is 23.6 Å². The van der Waals surface area contributed by atoms with E-state index in [0.717, 1.165) is 22.0 Å². The number of halogens is 3. The number of benzene rings is 2. The minimum atomic E-state index is -4.36. The van der Waals surface area contributed by atoms with E-state index in [2.05, 4.69) is 15.6 Å². The molecule has 0 radical (unpaired) electrons. The summed E-state index contributed by atoms with van der Waals surface area (Å²) in [5, 5.41) is 6.14. The Morgan fingerprint density at radius 3 is 2.03 bits per heavy atom. The van der Waals surface area contributed by atoms with Gasteiger partial charge in [0.2, 0.25) is 10.0 Å². The molecule has 0 saturated heterocycles. The first-order valence-corrected chi connectivity index (χ1v) is 10.7. The number of aliphatic imine (C=N–C) groups is 1. The van der Waals surface area contributed by atoms with Gasteiger partial charge in [0.05, 0.1) is 17.0 Å². The molecule has 30 heavy (non-hydrogen) atoms. The van der Waals surface area contributed by atoms with Gasteiger partial charge in [0.15, 0.2) is 5.96 Å². The van der Waals surface area contributed by atoms with E-state index in [-0.39, 0.29) is 4.90 Å². The minimum absolute atomic E-state index is 0.201. The molecule has 0 atom stereocenters. The molecular weight excluding hydrogens is 417 g/mol. The highest BCUT2D eigenvalue weighted by atomic mass is 32.2. The molecule has 0 heterocycles. The number of alkyl halides is 3. The van der Waals surface area contributed by atoms with E-state index < -0.39 is 21.8 Å². The summed E-state index contributed by atoms with van der Waals surface area (Å²) in [6.07, 6.45) is -4.36. The lowest BCUT2D eigenvalue weighted by molar-refractivity contribution is -0.137. The van der Waals surface area contributed by atoms with E-state index in [1.54, 1.807) is 12.1 Å². The molecule has 0 bridgehead atoms. The fraction of sp³-hybridized carbons (Fsp3) is 0.350. The van der Waals surface area contributed by atoms with Gasteiger partial charge in [-0.1, -0.05) is 24.3 Å². The van der Waals surface area contributed by atoms with Gasteiger partial charge in [0.1, 0.15) is 0 Å². The number of sulfonamides is 1. The zero-order valence-corrected chi connectivity index (χ0v) is 17.8. The maximum atomic E-state index is 12.6. The molecule has 10 heteroatoms. The second kappa shape index (κ2) is 9.94. The Morgan fingerprint density at radius 2 is 1.53 bits per heavy atom. The highest BCUT2D eigenvalue weighted by Crippen LogP contribution is 2.29. The minimum Gasteiger partial charge on any atom is -0.357 e. The van der Waals surface area contributed by atoms with Crippen molar-refractivity contribution < 1.29 is 21.6 Å². The predicted molar refractivity (Wildman–Crippen MR) is 110 cm³/mol. The van der Waals surface area contributed by atoms with Crippen molar-refractivity contribution in [1.82, 2.24) is 14.9 Å². The normalized spacial score (nSPS) is 12.8. The molecule has 0 unspecified atom stereocenters. The number of nitrogens with one attached hydrogen (secondary N) is 2. The second-order valence-electron chi connectivity index (χ2n) is 6.67. The van der Waals surface area contributed by atoms with E-state index in [0.29, 0.717) is 31.2 Å². The van der Waals surface area contributed by atoms with Gasteiger partial charge in [-0.15, -0.1) is 0 Å². The third kappa shape index (κ3) is 6.46. The highest BCUT2D eigenvalue weighted by molar-refractivity contribution is 7.89. The Bertz CT molecular complexity index is 955. The van der Waals surface area contributed by atoms with Crippen LogP contribution in [-0.4, -0.2) is 39.3 Å². The molecule has 0 saturated carbocycles. The largest absolute Gasteiger partial charge is 0.416 e. The van der Waals surface area contributed by atoms with Crippen LogP contribution in [-0.2, 0) is 29.3 Å². The molecule has 2 aromatic rings. The Kier molecular flexibility index (Phi) is 7.85. The van der Waals surface area contributed by atoms with Gasteiger partial charge in [-0.25, -0.2) is 17.7 Å². The maximum absolute atomic E-state index is 12.6. The second-order valence-corrected chi connectivity index (χ2v) is 8.83. The van der Waals surface area contributed by atoms with Gasteiger partial charge in [-0.3, -0.25) is 0 Å². The Morgan fingerprint density at radius 1 is 0.967 bits per heavy atom. The summed E-state index contributed by atoms with van der Waals surface area (Å²) in [7, 11) is -0.541. The number of rotatable bonds is 7. The van der Waals surface area contributed by atoms with Crippen LogP contribution in [0.15, 0.2) is 58.4 Å². The molecule has 0 spiro atoms. The van der Waals surface area contributed by atoms with Gasteiger partial charge < -0.3 is 10.6 Å². The zero-order valence-electron chi connectivity index (χ0n) is 17.0. The van der Waals surface area contributed by atoms with Crippen molar-refractivity contribution in [3.05, 3.63) is 65.2 Å². The van der Waals surface area contributed by atoms with Gasteiger partial charge >= 0.3 is 6.18 Å². The summed E-state index contributed by atoms with van der Waals surface area (Å²) in [6.45, 7) is 3.13. The SMILES string of the molecule is CCNC(=NCc1ccc(S(=O)(=O)N(C)C)cc1)NCc1ccc(C(F)(F)F)cc1. The predicted octanol–water partition coefficient (Wildman–Crippen LogP) is 3.21. The average Bonchev–Trinajstić information content (AvgIpc) is 2.70. The molecule has 2 N–H and O–H groups in total. The van der Waals surface area contributed by atoms with Crippen molar-refractivity contribution in [2.45, 2.75) is 31.1 Å². The number of hydrogen-bond acceptors (Lipinski definition) is 3. The van der Waals surface area contributed by atoms with Gasteiger partial charge in [-0.2, -0.15) is 13.2 Å². The standard InChI is InChI=1S/C20H25F3N4O2S/c1-4-24-19(25-13-15-5-9-17(10-6-15)20(21,22)23)26-14-16-7-11-18(12-8-16)30(28,29)27(2)3/h5-12H,4,13-14H2,1-3H3,(H2,24,25,26). The monoisotopic (exact) mass is 442 g/mol. The Balaban J connectivity index is 2.02. The van der Waals surface area contributed by atoms with E-state index in [1.165, 1.54) is 38.4 Å². The fourth-order valence-corrected chi connectivity index (χ4v) is 3.39. The van der Waals surface area contributed by atoms with Crippen LogP contribution in [0.5, 0.6) is 0 Å². The molecule has 0 amide bonds. The van der Waals surface area contributed by atoms with Crippen molar-refractivity contribution >= 4 is 16.0 Å². The van der Waals surface area contributed by atoms with Gasteiger partial charge in [0, 0.05) is 27.2 Å².